The number of thioether (sulfide) groups is 1. The molecule has 174 valence electrons. The van der Waals surface area contributed by atoms with Gasteiger partial charge in [0.15, 0.2) is 0 Å². The molecular weight excluding hydrogens is 440 g/mol. The predicted molar refractivity (Wildman–Crippen MR) is 137 cm³/mol. The maximum absolute atomic E-state index is 14.1. The van der Waals surface area contributed by atoms with E-state index < -0.39 is 5.54 Å². The minimum absolute atomic E-state index is 0.0217. The summed E-state index contributed by atoms with van der Waals surface area (Å²) in [5.41, 5.74) is 2.56. The van der Waals surface area contributed by atoms with Gasteiger partial charge in [-0.3, -0.25) is 9.59 Å². The molecule has 0 radical (unpaired) electrons. The Morgan fingerprint density at radius 2 is 1.50 bits per heavy atom. The summed E-state index contributed by atoms with van der Waals surface area (Å²) in [7, 11) is 0. The van der Waals surface area contributed by atoms with Crippen LogP contribution in [0.3, 0.4) is 0 Å². The van der Waals surface area contributed by atoms with Crippen LogP contribution in [-0.2, 0) is 16.0 Å². The second-order valence-electron chi connectivity index (χ2n) is 9.16. The second-order valence-corrected chi connectivity index (χ2v) is 10.4. The highest BCUT2D eigenvalue weighted by Crippen LogP contribution is 2.46. The molecule has 2 atom stereocenters. The molecule has 0 saturated carbocycles. The van der Waals surface area contributed by atoms with Gasteiger partial charge in [0.1, 0.15) is 5.54 Å². The Labute approximate surface area is 205 Å². The summed E-state index contributed by atoms with van der Waals surface area (Å²) in [5, 5.41) is 3.39. The van der Waals surface area contributed by atoms with Crippen molar-refractivity contribution in [2.24, 2.45) is 0 Å². The lowest BCUT2D eigenvalue weighted by Gasteiger charge is -2.54. The van der Waals surface area contributed by atoms with Crippen LogP contribution < -0.4 is 5.32 Å². The first kappa shape index (κ1) is 22.7. The summed E-state index contributed by atoms with van der Waals surface area (Å²) in [5.74, 6) is 1.82. The number of carbonyl (C=O) groups is 2. The molecule has 5 heteroatoms. The van der Waals surface area contributed by atoms with Crippen LogP contribution in [0.4, 0.5) is 0 Å². The Morgan fingerprint density at radius 1 is 0.912 bits per heavy atom. The van der Waals surface area contributed by atoms with Crippen molar-refractivity contribution in [2.75, 3.05) is 11.5 Å². The molecule has 0 spiro atoms. The summed E-state index contributed by atoms with van der Waals surface area (Å²) in [6.45, 7) is 0. The summed E-state index contributed by atoms with van der Waals surface area (Å²) < 4.78 is 0. The molecule has 2 heterocycles. The number of amides is 2. The van der Waals surface area contributed by atoms with Gasteiger partial charge >= 0.3 is 0 Å². The summed E-state index contributed by atoms with van der Waals surface area (Å²) in [4.78, 5) is 29.1. The molecule has 4 nitrogen and oxygen atoms in total. The molecule has 5 rings (SSSR count). The standard InChI is InChI=1S/C29H30N2O2S/c32-27-21-26(24-14-8-3-9-15-24)31(27)29(16-18-34-19-17-29)28(33)30-25(23-12-6-2-7-13-23)20-22-10-4-1-5-11-22/h1-15,25-26H,16-21H2,(H,30,33). The van der Waals surface area contributed by atoms with E-state index in [0.29, 0.717) is 25.7 Å². The lowest BCUT2D eigenvalue weighted by molar-refractivity contribution is -0.166. The maximum atomic E-state index is 14.1. The van der Waals surface area contributed by atoms with Crippen LogP contribution >= 0.6 is 11.8 Å². The molecule has 34 heavy (non-hydrogen) atoms. The van der Waals surface area contributed by atoms with E-state index in [1.807, 2.05) is 71.3 Å². The molecule has 2 amide bonds. The number of nitrogens with zero attached hydrogens (tertiary/aromatic N) is 1. The fourth-order valence-corrected chi connectivity index (χ4v) is 6.43. The number of β-lactam (4-membered cyclic amide) rings is 1. The Bertz CT molecular complexity index is 1110. The largest absolute Gasteiger partial charge is 0.347 e. The Morgan fingerprint density at radius 3 is 2.12 bits per heavy atom. The smallest absolute Gasteiger partial charge is 0.246 e. The van der Waals surface area contributed by atoms with Gasteiger partial charge in [-0.1, -0.05) is 91.0 Å². The van der Waals surface area contributed by atoms with E-state index in [4.69, 9.17) is 0 Å². The number of carbonyl (C=O) groups excluding carboxylic acids is 2. The SMILES string of the molecule is O=C1CC(c2ccccc2)N1C1(C(=O)NC(Cc2ccccc2)c2ccccc2)CCSCC1. The molecule has 2 unspecified atom stereocenters. The van der Waals surface area contributed by atoms with Crippen molar-refractivity contribution in [3.05, 3.63) is 108 Å². The first-order chi connectivity index (χ1) is 16.7. The normalized spacial score (nSPS) is 20.3. The van der Waals surface area contributed by atoms with Crippen molar-refractivity contribution in [1.29, 1.82) is 0 Å². The molecule has 1 N–H and O–H groups in total. The number of likely N-dealkylation sites (tertiary alicyclic amines) is 1. The van der Waals surface area contributed by atoms with Gasteiger partial charge in [0.2, 0.25) is 11.8 Å². The van der Waals surface area contributed by atoms with Crippen LogP contribution in [0.2, 0.25) is 0 Å². The zero-order valence-electron chi connectivity index (χ0n) is 19.2. The summed E-state index contributed by atoms with van der Waals surface area (Å²) in [6.07, 6.45) is 2.55. The first-order valence-corrected chi connectivity index (χ1v) is 13.2. The zero-order chi connectivity index (χ0) is 23.4. The lowest BCUT2D eigenvalue weighted by atomic mass is 9.80. The van der Waals surface area contributed by atoms with Crippen molar-refractivity contribution < 1.29 is 9.59 Å². The fourth-order valence-electron chi connectivity index (χ4n) is 5.26. The Hall–Kier alpha value is -3.05. The average molecular weight is 471 g/mol. The van der Waals surface area contributed by atoms with E-state index in [2.05, 4.69) is 41.7 Å². The minimum atomic E-state index is -0.801. The molecule has 3 aromatic carbocycles. The van der Waals surface area contributed by atoms with Gasteiger partial charge in [0, 0.05) is 0 Å². The lowest BCUT2D eigenvalue weighted by Crippen LogP contribution is -2.67. The van der Waals surface area contributed by atoms with Gasteiger partial charge in [0.25, 0.3) is 0 Å². The quantitative estimate of drug-likeness (QED) is 0.475. The van der Waals surface area contributed by atoms with E-state index in [0.717, 1.165) is 22.6 Å². The van der Waals surface area contributed by atoms with Crippen molar-refractivity contribution >= 4 is 23.6 Å². The molecule has 3 aromatic rings. The molecular formula is C29H30N2O2S. The molecule has 0 aliphatic carbocycles. The minimum Gasteiger partial charge on any atom is -0.347 e. The second kappa shape index (κ2) is 10.1. The highest BCUT2D eigenvalue weighted by atomic mass is 32.2. The topological polar surface area (TPSA) is 49.4 Å². The van der Waals surface area contributed by atoms with E-state index in [1.54, 1.807) is 0 Å². The van der Waals surface area contributed by atoms with Crippen LogP contribution in [-0.4, -0.2) is 33.8 Å². The van der Waals surface area contributed by atoms with Crippen molar-refractivity contribution in [1.82, 2.24) is 10.2 Å². The third-order valence-electron chi connectivity index (χ3n) is 7.13. The molecule has 0 bridgehead atoms. The van der Waals surface area contributed by atoms with Gasteiger partial charge in [-0.25, -0.2) is 0 Å². The van der Waals surface area contributed by atoms with Gasteiger partial charge in [-0.05, 0) is 47.5 Å². The van der Waals surface area contributed by atoms with E-state index in [1.165, 1.54) is 5.56 Å². The first-order valence-electron chi connectivity index (χ1n) is 12.0. The van der Waals surface area contributed by atoms with E-state index in [-0.39, 0.29) is 23.9 Å². The third-order valence-corrected chi connectivity index (χ3v) is 8.11. The molecule has 2 fully saturated rings. The zero-order valence-corrected chi connectivity index (χ0v) is 20.0. The number of hydrogen-bond donors (Lipinski definition) is 1. The highest BCUT2D eigenvalue weighted by Gasteiger charge is 2.55. The number of nitrogens with one attached hydrogen (secondary N) is 1. The van der Waals surface area contributed by atoms with Crippen LogP contribution in [0, 0.1) is 0 Å². The van der Waals surface area contributed by atoms with Crippen molar-refractivity contribution in [3.8, 4) is 0 Å². The van der Waals surface area contributed by atoms with Gasteiger partial charge < -0.3 is 10.2 Å². The predicted octanol–water partition coefficient (Wildman–Crippen LogP) is 5.33. The van der Waals surface area contributed by atoms with E-state index in [9.17, 15) is 9.59 Å². The number of rotatable bonds is 7. The van der Waals surface area contributed by atoms with Crippen molar-refractivity contribution in [2.45, 2.75) is 43.3 Å². The summed E-state index contributed by atoms with van der Waals surface area (Å²) >= 11 is 1.86. The monoisotopic (exact) mass is 470 g/mol. The van der Waals surface area contributed by atoms with Crippen LogP contribution in [0.5, 0.6) is 0 Å². The van der Waals surface area contributed by atoms with Gasteiger partial charge in [0.05, 0.1) is 18.5 Å². The van der Waals surface area contributed by atoms with Crippen LogP contribution in [0.15, 0.2) is 91.0 Å². The van der Waals surface area contributed by atoms with Gasteiger partial charge in [-0.2, -0.15) is 11.8 Å². The van der Waals surface area contributed by atoms with Gasteiger partial charge in [-0.15, -0.1) is 0 Å². The maximum Gasteiger partial charge on any atom is 0.246 e. The molecule has 2 saturated heterocycles. The Balaban J connectivity index is 1.45. The van der Waals surface area contributed by atoms with Crippen LogP contribution in [0.25, 0.3) is 0 Å². The molecule has 2 aliphatic rings. The molecule has 0 aromatic heterocycles. The van der Waals surface area contributed by atoms with Crippen LogP contribution in [0.1, 0.15) is 48.0 Å². The average Bonchev–Trinajstić information content (AvgIpc) is 2.89. The highest BCUT2D eigenvalue weighted by molar-refractivity contribution is 7.99. The number of benzene rings is 3. The summed E-state index contributed by atoms with van der Waals surface area (Å²) in [6, 6.07) is 30.3. The number of hydrogen-bond acceptors (Lipinski definition) is 3. The van der Waals surface area contributed by atoms with Crippen molar-refractivity contribution in [3.63, 3.8) is 0 Å². The fraction of sp³-hybridized carbons (Fsp3) is 0.310. The Kier molecular flexibility index (Phi) is 6.73. The third kappa shape index (κ3) is 4.49. The van der Waals surface area contributed by atoms with E-state index >= 15 is 0 Å². The molecule has 2 aliphatic heterocycles.